The number of alkyl halides is 3. The van der Waals surface area contributed by atoms with Crippen LogP contribution in [-0.2, 0) is 27.1 Å². The van der Waals surface area contributed by atoms with Crippen molar-refractivity contribution in [3.8, 4) is 11.1 Å². The van der Waals surface area contributed by atoms with Gasteiger partial charge in [0.15, 0.2) is 0 Å². The third kappa shape index (κ3) is 8.01. The van der Waals surface area contributed by atoms with Gasteiger partial charge >= 0.3 is 6.18 Å². The fourth-order valence-electron chi connectivity index (χ4n) is 7.07. The second-order valence-corrected chi connectivity index (χ2v) is 13.4. The fraction of sp³-hybridized carbons (Fsp3) is 0.293. The van der Waals surface area contributed by atoms with E-state index in [1.807, 2.05) is 77.7 Å². The minimum Gasteiger partial charge on any atom is -0.369 e. The zero-order chi connectivity index (χ0) is 36.1. The number of fused-ring (bicyclic) bond motifs is 1. The molecule has 0 radical (unpaired) electrons. The maximum atomic E-state index is 14.7. The SMILES string of the molecule is C=CCC(C(N)=O)C(CC1CCC1)C(=O)NC1CN(c2ccccc2)c2ccccc2N(Cc2cccc(-c3ccc(C(F)(F)F)cc3)c2)C1=O. The number of anilines is 3. The van der Waals surface area contributed by atoms with E-state index >= 15 is 0 Å². The van der Waals surface area contributed by atoms with Gasteiger partial charge in [-0.05, 0) is 77.9 Å². The van der Waals surface area contributed by atoms with Crippen molar-refractivity contribution in [3.05, 3.63) is 127 Å². The van der Waals surface area contributed by atoms with Gasteiger partial charge in [0.1, 0.15) is 6.04 Å². The van der Waals surface area contributed by atoms with Crippen LogP contribution in [0.2, 0.25) is 0 Å². The van der Waals surface area contributed by atoms with Crippen LogP contribution in [0, 0.1) is 17.8 Å². The standard InChI is InChI=1S/C41H41F3N4O3/c1-2-10-33(38(45)49)34(24-27-11-8-12-27)39(50)46-35-26-47(32-15-4-3-5-16-32)36-17-6-7-18-37(36)48(40(35)51)25-28-13-9-14-30(23-28)29-19-21-31(22-20-29)41(42,43)44/h2-7,9,13-23,27,33-35H,1,8,10-12,24-26H2,(H2,45,49)(H,46,50). The number of halogens is 3. The Morgan fingerprint density at radius 2 is 1.57 bits per heavy atom. The molecule has 3 N–H and O–H groups in total. The van der Waals surface area contributed by atoms with Gasteiger partial charge in [-0.3, -0.25) is 14.4 Å². The first-order chi connectivity index (χ1) is 24.5. The summed E-state index contributed by atoms with van der Waals surface area (Å²) in [5.41, 5.74) is 9.38. The predicted octanol–water partition coefficient (Wildman–Crippen LogP) is 8.03. The lowest BCUT2D eigenvalue weighted by atomic mass is 9.74. The minimum atomic E-state index is -4.44. The summed E-state index contributed by atoms with van der Waals surface area (Å²) in [6.07, 6.45) is 0.928. The molecule has 4 aromatic rings. The average molecular weight is 695 g/mol. The van der Waals surface area contributed by atoms with Crippen molar-refractivity contribution < 1.29 is 27.6 Å². The lowest BCUT2D eigenvalue weighted by molar-refractivity contribution is -0.137. The number of nitrogens with zero attached hydrogens (tertiary/aromatic N) is 2. The van der Waals surface area contributed by atoms with Crippen molar-refractivity contribution in [2.24, 2.45) is 23.5 Å². The molecule has 0 bridgehead atoms. The lowest BCUT2D eigenvalue weighted by Gasteiger charge is -2.33. The van der Waals surface area contributed by atoms with Crippen molar-refractivity contribution in [3.63, 3.8) is 0 Å². The third-order valence-electron chi connectivity index (χ3n) is 10.0. The number of hydrogen-bond donors (Lipinski definition) is 2. The number of nitrogens with two attached hydrogens (primary N) is 1. The molecule has 51 heavy (non-hydrogen) atoms. The first kappa shape index (κ1) is 35.4. The number of carbonyl (C=O) groups excluding carboxylic acids is 3. The highest BCUT2D eigenvalue weighted by Crippen LogP contribution is 2.40. The van der Waals surface area contributed by atoms with Gasteiger partial charge in [0.05, 0.1) is 41.9 Å². The second-order valence-electron chi connectivity index (χ2n) is 13.4. The van der Waals surface area contributed by atoms with Gasteiger partial charge in [-0.1, -0.05) is 86.0 Å². The summed E-state index contributed by atoms with van der Waals surface area (Å²) in [7, 11) is 0. The van der Waals surface area contributed by atoms with E-state index in [2.05, 4.69) is 11.9 Å². The molecule has 0 saturated heterocycles. The van der Waals surface area contributed by atoms with Crippen molar-refractivity contribution in [2.75, 3.05) is 16.3 Å². The molecule has 7 nitrogen and oxygen atoms in total. The van der Waals surface area contributed by atoms with Crippen LogP contribution >= 0.6 is 0 Å². The van der Waals surface area contributed by atoms with Crippen LogP contribution in [0.4, 0.5) is 30.2 Å². The van der Waals surface area contributed by atoms with Crippen LogP contribution in [0.1, 0.15) is 43.2 Å². The molecule has 3 atom stereocenters. The molecule has 3 unspecified atom stereocenters. The molecule has 2 aliphatic rings. The molecule has 4 aromatic carbocycles. The number of benzene rings is 4. The summed E-state index contributed by atoms with van der Waals surface area (Å²) >= 11 is 0. The molecule has 1 aliphatic carbocycles. The number of carbonyl (C=O) groups is 3. The highest BCUT2D eigenvalue weighted by molar-refractivity contribution is 6.04. The van der Waals surface area contributed by atoms with Crippen LogP contribution < -0.4 is 20.9 Å². The van der Waals surface area contributed by atoms with Crippen LogP contribution in [0.3, 0.4) is 0 Å². The number of allylic oxidation sites excluding steroid dienone is 1. The number of amides is 3. The Hall–Kier alpha value is -5.38. The van der Waals surface area contributed by atoms with Crippen LogP contribution in [0.25, 0.3) is 11.1 Å². The highest BCUT2D eigenvalue weighted by Gasteiger charge is 2.40. The van der Waals surface area contributed by atoms with Crippen LogP contribution in [0.5, 0.6) is 0 Å². The Labute approximate surface area is 295 Å². The summed E-state index contributed by atoms with van der Waals surface area (Å²) in [5.74, 6) is -2.48. The Bertz CT molecular complexity index is 1880. The molecule has 1 heterocycles. The van der Waals surface area contributed by atoms with E-state index in [0.29, 0.717) is 29.2 Å². The van der Waals surface area contributed by atoms with Gasteiger partial charge in [-0.2, -0.15) is 13.2 Å². The van der Waals surface area contributed by atoms with E-state index in [0.717, 1.165) is 48.3 Å². The quantitative estimate of drug-likeness (QED) is 0.147. The van der Waals surface area contributed by atoms with E-state index in [9.17, 15) is 27.6 Å². The Kier molecular flexibility index (Phi) is 10.6. The van der Waals surface area contributed by atoms with E-state index in [4.69, 9.17) is 5.73 Å². The van der Waals surface area contributed by atoms with Crippen molar-refractivity contribution in [1.29, 1.82) is 0 Å². The zero-order valence-electron chi connectivity index (χ0n) is 28.2. The van der Waals surface area contributed by atoms with Crippen molar-refractivity contribution >= 4 is 34.8 Å². The maximum Gasteiger partial charge on any atom is 0.416 e. The van der Waals surface area contributed by atoms with Crippen LogP contribution in [-0.4, -0.2) is 30.3 Å². The molecule has 10 heteroatoms. The molecule has 1 fully saturated rings. The Morgan fingerprint density at radius 3 is 2.20 bits per heavy atom. The molecule has 264 valence electrons. The molecular formula is C41H41F3N4O3. The molecule has 1 aliphatic heterocycles. The predicted molar refractivity (Wildman–Crippen MR) is 193 cm³/mol. The smallest absolute Gasteiger partial charge is 0.369 e. The van der Waals surface area contributed by atoms with Gasteiger partial charge in [0.2, 0.25) is 11.8 Å². The van der Waals surface area contributed by atoms with Gasteiger partial charge in [0, 0.05) is 5.69 Å². The molecule has 0 aromatic heterocycles. The number of para-hydroxylation sites is 3. The van der Waals surface area contributed by atoms with Crippen molar-refractivity contribution in [2.45, 2.75) is 50.9 Å². The number of rotatable bonds is 12. The monoisotopic (exact) mass is 694 g/mol. The van der Waals surface area contributed by atoms with Gasteiger partial charge in [-0.15, -0.1) is 6.58 Å². The number of hydrogen-bond acceptors (Lipinski definition) is 4. The largest absolute Gasteiger partial charge is 0.416 e. The topological polar surface area (TPSA) is 95.7 Å². The summed E-state index contributed by atoms with van der Waals surface area (Å²) in [6.45, 7) is 4.04. The third-order valence-corrected chi connectivity index (χ3v) is 10.0. The molecule has 6 rings (SSSR count). The maximum absolute atomic E-state index is 14.7. The van der Waals surface area contributed by atoms with E-state index in [-0.39, 0.29) is 25.4 Å². The Balaban J connectivity index is 1.36. The first-order valence-corrected chi connectivity index (χ1v) is 17.2. The van der Waals surface area contributed by atoms with Crippen LogP contribution in [0.15, 0.2) is 116 Å². The van der Waals surface area contributed by atoms with E-state index in [1.165, 1.54) is 12.1 Å². The van der Waals surface area contributed by atoms with E-state index < -0.39 is 41.4 Å². The first-order valence-electron chi connectivity index (χ1n) is 17.2. The summed E-state index contributed by atoms with van der Waals surface area (Å²) in [5, 5.41) is 3.06. The highest BCUT2D eigenvalue weighted by atomic mass is 19.4. The average Bonchev–Trinajstić information content (AvgIpc) is 3.21. The molecular weight excluding hydrogens is 653 g/mol. The minimum absolute atomic E-state index is 0.130. The molecule has 3 amide bonds. The summed E-state index contributed by atoms with van der Waals surface area (Å²) < 4.78 is 39.7. The normalized spacial score (nSPS) is 17.5. The van der Waals surface area contributed by atoms with Gasteiger partial charge in [-0.25, -0.2) is 0 Å². The molecule has 1 saturated carbocycles. The number of nitrogens with one attached hydrogen (secondary N) is 1. The lowest BCUT2D eigenvalue weighted by Crippen LogP contribution is -2.54. The van der Waals surface area contributed by atoms with E-state index in [1.54, 1.807) is 17.0 Å². The zero-order valence-corrected chi connectivity index (χ0v) is 28.2. The van der Waals surface area contributed by atoms with Gasteiger partial charge < -0.3 is 20.9 Å². The molecule has 0 spiro atoms. The van der Waals surface area contributed by atoms with Crippen molar-refractivity contribution in [1.82, 2.24) is 5.32 Å². The van der Waals surface area contributed by atoms with Gasteiger partial charge in [0.25, 0.3) is 5.91 Å². The summed E-state index contributed by atoms with van der Waals surface area (Å²) in [6, 6.07) is 28.4. The number of primary amides is 1. The Morgan fingerprint density at radius 1 is 0.882 bits per heavy atom. The second kappa shape index (κ2) is 15.2. The summed E-state index contributed by atoms with van der Waals surface area (Å²) in [4.78, 5) is 45.2. The fourth-order valence-corrected chi connectivity index (χ4v) is 7.07.